The molecule has 0 aliphatic carbocycles. The smallest absolute Gasteiger partial charge is 0.276 e. The summed E-state index contributed by atoms with van der Waals surface area (Å²) in [7, 11) is -2.24. The van der Waals surface area contributed by atoms with Crippen LogP contribution in [0, 0.1) is 13.8 Å². The van der Waals surface area contributed by atoms with Gasteiger partial charge in [0.05, 0.1) is 49.0 Å². The maximum atomic E-state index is 13.7. The molecule has 0 radical (unpaired) electrons. The average molecular weight is 859 g/mol. The van der Waals surface area contributed by atoms with Gasteiger partial charge in [-0.05, 0) is 64.1 Å². The predicted molar refractivity (Wildman–Crippen MR) is 224 cm³/mol. The van der Waals surface area contributed by atoms with Crippen molar-refractivity contribution in [3.05, 3.63) is 82.5 Å². The first-order valence-corrected chi connectivity index (χ1v) is 20.9. The molecule has 6 N–H and O–H groups in total. The second-order valence-electron chi connectivity index (χ2n) is 13.8. The van der Waals surface area contributed by atoms with Crippen molar-refractivity contribution in [2.75, 3.05) is 37.2 Å². The molecule has 0 saturated heterocycles. The maximum absolute atomic E-state index is 13.7. The molecule has 2 aromatic carbocycles. The number of primary amides is 2. The third kappa shape index (κ3) is 9.71. The first-order chi connectivity index (χ1) is 29.0. The predicted octanol–water partition coefficient (Wildman–Crippen LogP) is 3.15. The van der Waals surface area contributed by atoms with Crippen molar-refractivity contribution < 1.29 is 41.3 Å². The molecule has 4 heterocycles. The van der Waals surface area contributed by atoms with Crippen LogP contribution < -0.4 is 31.6 Å². The van der Waals surface area contributed by atoms with Gasteiger partial charge < -0.3 is 30.1 Å². The summed E-state index contributed by atoms with van der Waals surface area (Å²) in [6.45, 7) is 8.19. The molecular weight excluding hydrogens is 813 g/mol. The molecule has 4 aromatic heterocycles. The fraction of sp³-hybridized carbons (Fsp3) is 0.333. The SMILES string of the molecule is CCn1nc(C)cc1C(=O)Nc1nc2cc(C(N)=O)cc(OC)c2n1C/C=C/Cn1c(NC(=O)c2cc(C)nn2CC)nc2cc(C(N)=O)cc(OCCCOS(C)(=O)=O)c21. The molecule has 4 amide bonds. The second kappa shape index (κ2) is 18.0. The van der Waals surface area contributed by atoms with Gasteiger partial charge in [0.1, 0.15) is 33.9 Å². The lowest BCUT2D eigenvalue weighted by Gasteiger charge is -2.13. The average Bonchev–Trinajstić information content (AvgIpc) is 3.97. The summed E-state index contributed by atoms with van der Waals surface area (Å²) in [6.07, 6.45) is 4.68. The highest BCUT2D eigenvalue weighted by molar-refractivity contribution is 7.85. The number of methoxy groups -OCH3 is 1. The highest BCUT2D eigenvalue weighted by atomic mass is 32.2. The highest BCUT2D eigenvalue weighted by Gasteiger charge is 2.24. The summed E-state index contributed by atoms with van der Waals surface area (Å²) in [6, 6.07) is 9.21. The molecule has 61 heavy (non-hydrogen) atoms. The zero-order chi connectivity index (χ0) is 44.2. The van der Waals surface area contributed by atoms with Crippen molar-refractivity contribution in [2.24, 2.45) is 11.5 Å². The van der Waals surface area contributed by atoms with Crippen molar-refractivity contribution in [2.45, 2.75) is 60.3 Å². The van der Waals surface area contributed by atoms with E-state index in [0.29, 0.717) is 52.4 Å². The van der Waals surface area contributed by atoms with Gasteiger partial charge in [0.25, 0.3) is 21.9 Å². The number of anilines is 2. The molecule has 6 rings (SSSR count). The van der Waals surface area contributed by atoms with Crippen LogP contribution in [0.15, 0.2) is 48.6 Å². The Kier molecular flexibility index (Phi) is 12.9. The normalized spacial score (nSPS) is 11.8. The van der Waals surface area contributed by atoms with E-state index in [9.17, 15) is 27.6 Å². The minimum absolute atomic E-state index is 0.00930. The van der Waals surface area contributed by atoms with E-state index in [-0.39, 0.29) is 72.8 Å². The zero-order valence-corrected chi connectivity index (χ0v) is 35.2. The number of aryl methyl sites for hydroxylation is 4. The molecule has 0 spiro atoms. The van der Waals surface area contributed by atoms with Gasteiger partial charge in [-0.2, -0.15) is 18.6 Å². The Hall–Kier alpha value is -7.07. The molecule has 0 aliphatic rings. The Morgan fingerprint density at radius 1 is 0.721 bits per heavy atom. The monoisotopic (exact) mass is 858 g/mol. The molecule has 0 saturated carbocycles. The van der Waals surface area contributed by atoms with Crippen LogP contribution in [0.2, 0.25) is 0 Å². The summed E-state index contributed by atoms with van der Waals surface area (Å²) in [5.41, 5.74) is 14.9. The lowest BCUT2D eigenvalue weighted by molar-refractivity contribution is 0.0991. The van der Waals surface area contributed by atoms with E-state index in [1.807, 2.05) is 13.8 Å². The van der Waals surface area contributed by atoms with Crippen LogP contribution in [0.25, 0.3) is 22.1 Å². The fourth-order valence-electron chi connectivity index (χ4n) is 6.64. The van der Waals surface area contributed by atoms with Crippen molar-refractivity contribution in [1.29, 1.82) is 0 Å². The van der Waals surface area contributed by atoms with Crippen LogP contribution in [0.4, 0.5) is 11.9 Å². The van der Waals surface area contributed by atoms with E-state index < -0.39 is 33.7 Å². The summed E-state index contributed by atoms with van der Waals surface area (Å²) in [4.78, 5) is 61.3. The van der Waals surface area contributed by atoms with Gasteiger partial charge in [0, 0.05) is 43.7 Å². The van der Waals surface area contributed by atoms with Gasteiger partial charge in [-0.25, -0.2) is 9.97 Å². The largest absolute Gasteiger partial charge is 0.494 e. The van der Waals surface area contributed by atoms with Crippen LogP contribution >= 0.6 is 0 Å². The highest BCUT2D eigenvalue weighted by Crippen LogP contribution is 2.33. The lowest BCUT2D eigenvalue weighted by Crippen LogP contribution is -2.20. The van der Waals surface area contributed by atoms with Gasteiger partial charge in [0.2, 0.25) is 23.7 Å². The summed E-state index contributed by atoms with van der Waals surface area (Å²) >= 11 is 0. The topological polar surface area (TPSA) is 277 Å². The summed E-state index contributed by atoms with van der Waals surface area (Å²) in [5, 5.41) is 14.5. The Morgan fingerprint density at radius 2 is 1.18 bits per heavy atom. The third-order valence-corrected chi connectivity index (χ3v) is 9.90. The van der Waals surface area contributed by atoms with Crippen LogP contribution in [-0.4, -0.2) is 97.3 Å². The minimum atomic E-state index is -3.68. The number of nitrogens with one attached hydrogen (secondary N) is 2. The summed E-state index contributed by atoms with van der Waals surface area (Å²) in [5.74, 6) is -1.70. The van der Waals surface area contributed by atoms with E-state index in [1.54, 1.807) is 56.6 Å². The minimum Gasteiger partial charge on any atom is -0.494 e. The number of ether oxygens (including phenoxy) is 2. The number of benzene rings is 2. The molecular formula is C39H46N12O9S. The van der Waals surface area contributed by atoms with Crippen molar-refractivity contribution in [1.82, 2.24) is 38.7 Å². The number of hydrogen-bond acceptors (Lipinski definition) is 13. The molecule has 322 valence electrons. The van der Waals surface area contributed by atoms with E-state index >= 15 is 0 Å². The van der Waals surface area contributed by atoms with Crippen molar-refractivity contribution in [3.8, 4) is 11.5 Å². The van der Waals surface area contributed by atoms with E-state index in [0.717, 1.165) is 6.26 Å². The van der Waals surface area contributed by atoms with Gasteiger partial charge in [-0.1, -0.05) is 12.2 Å². The van der Waals surface area contributed by atoms with Crippen molar-refractivity contribution in [3.63, 3.8) is 0 Å². The van der Waals surface area contributed by atoms with Gasteiger partial charge in [-0.3, -0.25) is 43.4 Å². The molecule has 0 bridgehead atoms. The number of hydrogen-bond donors (Lipinski definition) is 4. The number of carbonyl (C=O) groups excluding carboxylic acids is 4. The molecule has 0 fully saturated rings. The standard InChI is InChI=1S/C39H46N12O9S/c1-7-50-28(16-22(3)46-50)36(54)44-38-42-26-18-24(34(40)52)20-30(58-5)32(26)48(38)12-9-10-13-49-33-27(43-39(49)45-37(55)29-17-23(4)47-51(29)8-2)19-25(35(41)53)21-31(33)59-14-11-15-60-61(6,56)57/h9-10,16-21H,7-8,11-15H2,1-6H3,(H2,40,52)(H2,41,53)(H,42,44,54)(H,43,45,55)/b10-9+. The number of rotatable bonds is 19. The number of fused-ring (bicyclic) bond motifs is 2. The molecule has 0 unspecified atom stereocenters. The van der Waals surface area contributed by atoms with Crippen LogP contribution in [0.5, 0.6) is 11.5 Å². The number of amides is 4. The fourth-order valence-corrected chi connectivity index (χ4v) is 7.06. The van der Waals surface area contributed by atoms with E-state index in [1.165, 1.54) is 31.4 Å². The van der Waals surface area contributed by atoms with Crippen LogP contribution in [-0.2, 0) is 40.5 Å². The number of nitrogens with two attached hydrogens (primary N) is 2. The molecule has 21 nitrogen and oxygen atoms in total. The number of aromatic nitrogens is 8. The number of carbonyl (C=O) groups is 4. The third-order valence-electron chi connectivity index (χ3n) is 9.31. The maximum Gasteiger partial charge on any atom is 0.276 e. The quantitative estimate of drug-likeness (QED) is 0.0518. The molecule has 0 aliphatic heterocycles. The summed E-state index contributed by atoms with van der Waals surface area (Å²) < 4.78 is 46.1. The van der Waals surface area contributed by atoms with Crippen LogP contribution in [0.1, 0.15) is 73.3 Å². The van der Waals surface area contributed by atoms with E-state index in [4.69, 9.17) is 25.1 Å². The zero-order valence-electron chi connectivity index (χ0n) is 34.4. The Balaban J connectivity index is 1.40. The first-order valence-electron chi connectivity index (χ1n) is 19.1. The van der Waals surface area contributed by atoms with Gasteiger partial charge in [0.15, 0.2) is 0 Å². The van der Waals surface area contributed by atoms with E-state index in [2.05, 4.69) is 30.8 Å². The number of imidazole rings is 2. The Bertz CT molecular complexity index is 2820. The van der Waals surface area contributed by atoms with Gasteiger partial charge in [-0.15, -0.1) is 0 Å². The van der Waals surface area contributed by atoms with Crippen LogP contribution in [0.3, 0.4) is 0 Å². The van der Waals surface area contributed by atoms with Crippen molar-refractivity contribution >= 4 is 67.7 Å². The molecule has 0 atom stereocenters. The number of nitrogens with zero attached hydrogens (tertiary/aromatic N) is 8. The Morgan fingerprint density at radius 3 is 1.61 bits per heavy atom. The number of allylic oxidation sites excluding steroid dienone is 2. The van der Waals surface area contributed by atoms with Gasteiger partial charge >= 0.3 is 0 Å². The Labute approximate surface area is 349 Å². The second-order valence-corrected chi connectivity index (χ2v) is 15.4. The molecule has 6 aromatic rings. The lowest BCUT2D eigenvalue weighted by atomic mass is 10.1. The first kappa shape index (κ1) is 43.5. The molecule has 22 heteroatoms.